The average Bonchev–Trinajstić information content (AvgIpc) is 3.56. The minimum Gasteiger partial charge on any atom is -0.384 e. The van der Waals surface area contributed by atoms with Gasteiger partial charge in [0.2, 0.25) is 5.91 Å². The van der Waals surface area contributed by atoms with Crippen LogP contribution in [0.5, 0.6) is 0 Å². The minimum atomic E-state index is -0.00297. The van der Waals surface area contributed by atoms with Crippen LogP contribution in [0.2, 0.25) is 0 Å². The van der Waals surface area contributed by atoms with Gasteiger partial charge in [-0.1, -0.05) is 30.3 Å². The number of hydrogen-bond donors (Lipinski definition) is 1. The molecular formula is C22H27N5O. The Morgan fingerprint density at radius 2 is 1.82 bits per heavy atom. The molecule has 0 radical (unpaired) electrons. The van der Waals surface area contributed by atoms with Crippen LogP contribution in [0.15, 0.2) is 42.7 Å². The van der Waals surface area contributed by atoms with Crippen molar-refractivity contribution < 1.29 is 4.79 Å². The molecule has 0 bridgehead atoms. The van der Waals surface area contributed by atoms with Crippen molar-refractivity contribution in [2.75, 3.05) is 30.3 Å². The third kappa shape index (κ3) is 3.21. The fourth-order valence-electron chi connectivity index (χ4n) is 4.97. The van der Waals surface area contributed by atoms with Gasteiger partial charge in [0.05, 0.1) is 5.92 Å². The second-order valence-electron chi connectivity index (χ2n) is 8.65. The largest absolute Gasteiger partial charge is 0.384 e. The summed E-state index contributed by atoms with van der Waals surface area (Å²) in [6.07, 6.45) is 6.98. The first kappa shape index (κ1) is 17.5. The number of benzene rings is 1. The molecule has 28 heavy (non-hydrogen) atoms. The molecule has 1 aliphatic carbocycles. The monoisotopic (exact) mass is 377 g/mol. The van der Waals surface area contributed by atoms with E-state index in [9.17, 15) is 4.79 Å². The van der Waals surface area contributed by atoms with Gasteiger partial charge in [-0.3, -0.25) is 4.79 Å². The zero-order valence-electron chi connectivity index (χ0n) is 16.1. The number of carbonyl (C=O) groups excluding carboxylic acids is 1. The second kappa shape index (κ2) is 6.76. The van der Waals surface area contributed by atoms with Gasteiger partial charge in [-0.2, -0.15) is 0 Å². The maximum absolute atomic E-state index is 13.2. The number of nitrogens with zero attached hydrogens (tertiary/aromatic N) is 4. The van der Waals surface area contributed by atoms with Crippen molar-refractivity contribution in [2.45, 2.75) is 44.1 Å². The Balaban J connectivity index is 1.37. The molecular weight excluding hydrogens is 350 g/mol. The summed E-state index contributed by atoms with van der Waals surface area (Å²) in [5.41, 5.74) is 7.21. The van der Waals surface area contributed by atoms with Gasteiger partial charge in [-0.25, -0.2) is 9.97 Å². The Labute approximate surface area is 165 Å². The van der Waals surface area contributed by atoms with Crippen LogP contribution in [-0.4, -0.2) is 46.5 Å². The van der Waals surface area contributed by atoms with Crippen LogP contribution in [0.3, 0.4) is 0 Å². The molecule has 1 unspecified atom stereocenters. The van der Waals surface area contributed by atoms with Crippen LogP contribution in [0.25, 0.3) is 0 Å². The topological polar surface area (TPSA) is 75.3 Å². The van der Waals surface area contributed by atoms with Crippen LogP contribution in [0.1, 0.15) is 43.6 Å². The van der Waals surface area contributed by atoms with Crippen LogP contribution >= 0.6 is 0 Å². The maximum atomic E-state index is 13.2. The maximum Gasteiger partial charge on any atom is 0.230 e. The fourth-order valence-corrected chi connectivity index (χ4v) is 4.97. The van der Waals surface area contributed by atoms with Gasteiger partial charge in [-0.15, -0.1) is 0 Å². The summed E-state index contributed by atoms with van der Waals surface area (Å²) in [5, 5.41) is 0. The van der Waals surface area contributed by atoms with E-state index in [0.29, 0.717) is 17.8 Å². The molecule has 1 saturated carbocycles. The lowest BCUT2D eigenvalue weighted by Crippen LogP contribution is -2.54. The van der Waals surface area contributed by atoms with Gasteiger partial charge in [-0.05, 0) is 43.1 Å². The Morgan fingerprint density at radius 1 is 1.07 bits per heavy atom. The number of aromatic nitrogens is 2. The third-order valence-corrected chi connectivity index (χ3v) is 6.74. The molecule has 6 nitrogen and oxygen atoms in total. The number of nitrogen functional groups attached to an aromatic ring is 1. The molecule has 1 atom stereocenters. The quantitative estimate of drug-likeness (QED) is 0.890. The molecule has 2 N–H and O–H groups in total. The number of anilines is 2. The van der Waals surface area contributed by atoms with Gasteiger partial charge in [0.15, 0.2) is 0 Å². The predicted molar refractivity (Wildman–Crippen MR) is 109 cm³/mol. The highest BCUT2D eigenvalue weighted by Crippen LogP contribution is 2.48. The lowest BCUT2D eigenvalue weighted by atomic mass is 9.67. The van der Waals surface area contributed by atoms with E-state index in [1.807, 2.05) is 24.3 Å². The molecule has 1 aromatic carbocycles. The Bertz CT molecular complexity index is 858. The summed E-state index contributed by atoms with van der Waals surface area (Å²) in [4.78, 5) is 26.2. The summed E-state index contributed by atoms with van der Waals surface area (Å²) >= 11 is 0. The number of amides is 1. The minimum absolute atomic E-state index is 0.00297. The summed E-state index contributed by atoms with van der Waals surface area (Å²) < 4.78 is 0. The van der Waals surface area contributed by atoms with Crippen LogP contribution in [-0.2, 0) is 4.79 Å². The zero-order valence-corrected chi connectivity index (χ0v) is 16.1. The van der Waals surface area contributed by atoms with E-state index in [4.69, 9.17) is 5.73 Å². The van der Waals surface area contributed by atoms with Gasteiger partial charge in [0.25, 0.3) is 0 Å². The number of rotatable bonds is 3. The van der Waals surface area contributed by atoms with Gasteiger partial charge in [0.1, 0.15) is 18.0 Å². The molecule has 146 valence electrons. The predicted octanol–water partition coefficient (Wildman–Crippen LogP) is 2.82. The molecule has 3 aliphatic rings. The summed E-state index contributed by atoms with van der Waals surface area (Å²) in [5.74, 6) is 1.76. The first-order valence-corrected chi connectivity index (χ1v) is 10.3. The number of hydrogen-bond acceptors (Lipinski definition) is 5. The zero-order chi connectivity index (χ0) is 19.1. The summed E-state index contributed by atoms with van der Waals surface area (Å²) in [6.45, 7) is 2.81. The normalized spacial score (nSPS) is 24.6. The number of nitrogens with two attached hydrogens (primary N) is 1. The number of likely N-dealkylation sites (tertiary alicyclic amines) is 1. The molecule has 1 aromatic heterocycles. The summed E-state index contributed by atoms with van der Waals surface area (Å²) in [7, 11) is 0. The van der Waals surface area contributed by atoms with E-state index in [1.165, 1.54) is 11.9 Å². The first-order valence-electron chi connectivity index (χ1n) is 10.3. The highest BCUT2D eigenvalue weighted by atomic mass is 16.2. The molecule has 5 rings (SSSR count). The standard InChI is InChI=1S/C22H27N5O/c23-19-12-20(25-15-24-19)26-10-8-22(9-11-26)13-18(16-4-2-1-3-5-16)21(28)27(14-22)17-6-7-17/h1-5,12,15,17-18H,6-11,13-14H2,(H2,23,24,25). The summed E-state index contributed by atoms with van der Waals surface area (Å²) in [6, 6.07) is 12.7. The molecule has 2 saturated heterocycles. The first-order chi connectivity index (χ1) is 13.6. The highest BCUT2D eigenvalue weighted by molar-refractivity contribution is 5.85. The highest BCUT2D eigenvalue weighted by Gasteiger charge is 2.49. The van der Waals surface area contributed by atoms with Crippen molar-refractivity contribution in [3.63, 3.8) is 0 Å². The van der Waals surface area contributed by atoms with Crippen LogP contribution in [0, 0.1) is 5.41 Å². The molecule has 3 fully saturated rings. The van der Waals surface area contributed by atoms with E-state index in [1.54, 1.807) is 0 Å². The molecule has 2 aliphatic heterocycles. The average molecular weight is 377 g/mol. The van der Waals surface area contributed by atoms with E-state index in [0.717, 1.165) is 57.6 Å². The molecule has 1 amide bonds. The van der Waals surface area contributed by atoms with Crippen molar-refractivity contribution in [1.29, 1.82) is 0 Å². The number of carbonyl (C=O) groups is 1. The van der Waals surface area contributed by atoms with Gasteiger partial charge < -0.3 is 15.5 Å². The van der Waals surface area contributed by atoms with E-state index in [2.05, 4.69) is 31.9 Å². The SMILES string of the molecule is Nc1cc(N2CCC3(CC2)CC(c2ccccc2)C(=O)N(C2CC2)C3)ncn1. The fraction of sp³-hybridized carbons (Fsp3) is 0.500. The molecule has 6 heteroatoms. The van der Waals surface area contributed by atoms with Crippen molar-refractivity contribution in [2.24, 2.45) is 5.41 Å². The van der Waals surface area contributed by atoms with Crippen molar-refractivity contribution in [3.05, 3.63) is 48.3 Å². The molecule has 2 aromatic rings. The second-order valence-corrected chi connectivity index (χ2v) is 8.65. The Hall–Kier alpha value is -2.63. The van der Waals surface area contributed by atoms with Crippen molar-refractivity contribution in [3.8, 4) is 0 Å². The Morgan fingerprint density at radius 3 is 2.50 bits per heavy atom. The van der Waals surface area contributed by atoms with Gasteiger partial charge >= 0.3 is 0 Å². The van der Waals surface area contributed by atoms with Crippen molar-refractivity contribution in [1.82, 2.24) is 14.9 Å². The third-order valence-electron chi connectivity index (χ3n) is 6.74. The van der Waals surface area contributed by atoms with E-state index < -0.39 is 0 Å². The lowest BCUT2D eigenvalue weighted by Gasteiger charge is -2.50. The smallest absolute Gasteiger partial charge is 0.230 e. The van der Waals surface area contributed by atoms with Crippen molar-refractivity contribution >= 4 is 17.5 Å². The number of piperidine rings is 2. The van der Waals surface area contributed by atoms with Crippen LogP contribution < -0.4 is 10.6 Å². The molecule has 3 heterocycles. The Kier molecular flexibility index (Phi) is 4.22. The lowest BCUT2D eigenvalue weighted by molar-refractivity contribution is -0.141. The van der Waals surface area contributed by atoms with E-state index >= 15 is 0 Å². The van der Waals surface area contributed by atoms with Gasteiger partial charge in [0, 0.05) is 31.7 Å². The molecule has 1 spiro atoms. The van der Waals surface area contributed by atoms with E-state index in [-0.39, 0.29) is 11.3 Å². The van der Waals surface area contributed by atoms with Crippen LogP contribution in [0.4, 0.5) is 11.6 Å².